The Kier molecular flexibility index (Phi) is 5.50. The lowest BCUT2D eigenvalue weighted by Crippen LogP contribution is -2.12. The topological polar surface area (TPSA) is 111 Å². The average molecular weight is 452 g/mol. The maximum atomic E-state index is 12.3. The van der Waals surface area contributed by atoms with Crippen LogP contribution in [0.2, 0.25) is 5.02 Å². The molecule has 1 aliphatic heterocycles. The standard InChI is InChI=1S/C18H18ClN5O3S2/c1-2-6-24-16(11-5-7-29(26,27)10-11)22-23-18(24)28-9-15-20-14-8-12(19)3-4-13(14)17(25)21-15/h2-4,8,11H,1,5-7,9-10H2,(H,20,21,25)/t11-/m0/s1. The van der Waals surface area contributed by atoms with E-state index in [1.54, 1.807) is 24.3 Å². The maximum Gasteiger partial charge on any atom is 0.258 e. The van der Waals surface area contributed by atoms with Gasteiger partial charge >= 0.3 is 0 Å². The minimum absolute atomic E-state index is 0.0905. The number of thioether (sulfide) groups is 1. The molecule has 1 atom stereocenters. The molecule has 0 amide bonds. The van der Waals surface area contributed by atoms with Crippen molar-refractivity contribution < 1.29 is 8.42 Å². The van der Waals surface area contributed by atoms with Gasteiger partial charge in [-0.1, -0.05) is 29.4 Å². The first kappa shape index (κ1) is 20.1. The van der Waals surface area contributed by atoms with Crippen LogP contribution in [0.15, 0.2) is 40.8 Å². The van der Waals surface area contributed by atoms with E-state index in [4.69, 9.17) is 11.6 Å². The maximum absolute atomic E-state index is 12.3. The molecule has 1 saturated heterocycles. The van der Waals surface area contributed by atoms with E-state index >= 15 is 0 Å². The molecule has 3 aromatic rings. The third-order valence-electron chi connectivity index (χ3n) is 4.71. The van der Waals surface area contributed by atoms with Crippen LogP contribution in [-0.4, -0.2) is 44.7 Å². The number of aromatic amines is 1. The van der Waals surface area contributed by atoms with Gasteiger partial charge in [-0.05, 0) is 24.6 Å². The van der Waals surface area contributed by atoms with E-state index in [1.807, 2.05) is 4.57 Å². The molecule has 29 heavy (non-hydrogen) atoms. The van der Waals surface area contributed by atoms with Gasteiger partial charge in [-0.2, -0.15) is 0 Å². The highest BCUT2D eigenvalue weighted by Crippen LogP contribution is 2.30. The SMILES string of the molecule is C=CCn1c(SCc2nc3cc(Cl)ccc3c(=O)[nH]2)nnc1[C@H]1CCS(=O)(=O)C1. The predicted molar refractivity (Wildman–Crippen MR) is 113 cm³/mol. The molecule has 0 saturated carbocycles. The molecule has 1 fully saturated rings. The smallest absolute Gasteiger partial charge is 0.258 e. The molecular weight excluding hydrogens is 434 g/mol. The summed E-state index contributed by atoms with van der Waals surface area (Å²) in [4.78, 5) is 19.5. The average Bonchev–Trinajstić information content (AvgIpc) is 3.22. The van der Waals surface area contributed by atoms with Gasteiger partial charge in [-0.25, -0.2) is 13.4 Å². The van der Waals surface area contributed by atoms with E-state index in [0.717, 1.165) is 0 Å². The fourth-order valence-electron chi connectivity index (χ4n) is 3.37. The van der Waals surface area contributed by atoms with Crippen molar-refractivity contribution in [3.05, 3.63) is 57.9 Å². The van der Waals surface area contributed by atoms with Gasteiger partial charge in [0.15, 0.2) is 15.0 Å². The fourth-order valence-corrected chi connectivity index (χ4v) is 6.10. The summed E-state index contributed by atoms with van der Waals surface area (Å²) >= 11 is 7.37. The number of nitrogens with one attached hydrogen (secondary N) is 1. The molecule has 1 N–H and O–H groups in total. The number of hydrogen-bond donors (Lipinski definition) is 1. The van der Waals surface area contributed by atoms with Crippen LogP contribution in [0.3, 0.4) is 0 Å². The summed E-state index contributed by atoms with van der Waals surface area (Å²) in [6.45, 7) is 4.24. The van der Waals surface area contributed by atoms with Gasteiger partial charge in [0.2, 0.25) is 0 Å². The van der Waals surface area contributed by atoms with Crippen molar-refractivity contribution >= 4 is 44.1 Å². The number of aromatic nitrogens is 5. The van der Waals surface area contributed by atoms with Gasteiger partial charge in [-0.3, -0.25) is 4.79 Å². The van der Waals surface area contributed by atoms with Gasteiger partial charge < -0.3 is 9.55 Å². The van der Waals surface area contributed by atoms with Crippen LogP contribution in [0.25, 0.3) is 10.9 Å². The Morgan fingerprint density at radius 3 is 2.93 bits per heavy atom. The Morgan fingerprint density at radius 1 is 1.38 bits per heavy atom. The summed E-state index contributed by atoms with van der Waals surface area (Å²) in [6, 6.07) is 4.94. The zero-order valence-electron chi connectivity index (χ0n) is 15.3. The van der Waals surface area contributed by atoms with E-state index in [9.17, 15) is 13.2 Å². The third-order valence-corrected chi connectivity index (χ3v) is 7.69. The van der Waals surface area contributed by atoms with Gasteiger partial charge in [0.1, 0.15) is 11.6 Å². The van der Waals surface area contributed by atoms with Gasteiger partial charge in [0, 0.05) is 17.5 Å². The normalized spacial score (nSPS) is 18.3. The summed E-state index contributed by atoms with van der Waals surface area (Å²) in [6.07, 6.45) is 2.26. The first-order valence-electron chi connectivity index (χ1n) is 8.92. The number of nitrogens with zero attached hydrogens (tertiary/aromatic N) is 4. The lowest BCUT2D eigenvalue weighted by atomic mass is 10.1. The second-order valence-electron chi connectivity index (χ2n) is 6.80. The van der Waals surface area contributed by atoms with Crippen molar-refractivity contribution in [2.45, 2.75) is 29.8 Å². The van der Waals surface area contributed by atoms with Gasteiger partial charge in [-0.15, -0.1) is 16.8 Å². The number of allylic oxidation sites excluding steroid dienone is 1. The summed E-state index contributed by atoms with van der Waals surface area (Å²) in [5.74, 6) is 1.62. The first-order valence-corrected chi connectivity index (χ1v) is 12.1. The lowest BCUT2D eigenvalue weighted by molar-refractivity contribution is 0.597. The Hall–Kier alpha value is -2.17. The Morgan fingerprint density at radius 2 is 2.21 bits per heavy atom. The minimum Gasteiger partial charge on any atom is -0.309 e. The monoisotopic (exact) mass is 451 g/mol. The molecule has 0 spiro atoms. The molecule has 152 valence electrons. The van der Waals surface area contributed by atoms with Crippen LogP contribution in [0.4, 0.5) is 0 Å². The van der Waals surface area contributed by atoms with E-state index in [1.165, 1.54) is 11.8 Å². The number of hydrogen-bond acceptors (Lipinski definition) is 7. The molecule has 11 heteroatoms. The molecule has 1 aliphatic rings. The molecule has 0 bridgehead atoms. The summed E-state index contributed by atoms with van der Waals surface area (Å²) in [7, 11) is -3.02. The van der Waals surface area contributed by atoms with Crippen molar-refractivity contribution in [2.75, 3.05) is 11.5 Å². The Balaban J connectivity index is 1.59. The van der Waals surface area contributed by atoms with Crippen LogP contribution >= 0.6 is 23.4 Å². The highest BCUT2D eigenvalue weighted by atomic mass is 35.5. The van der Waals surface area contributed by atoms with Crippen LogP contribution in [0.5, 0.6) is 0 Å². The van der Waals surface area contributed by atoms with Crippen LogP contribution in [-0.2, 0) is 22.1 Å². The first-order chi connectivity index (χ1) is 13.9. The summed E-state index contributed by atoms with van der Waals surface area (Å²) < 4.78 is 25.5. The van der Waals surface area contributed by atoms with Crippen molar-refractivity contribution in [1.29, 1.82) is 0 Å². The number of sulfone groups is 1. The van der Waals surface area contributed by atoms with E-state index in [-0.39, 0.29) is 23.0 Å². The number of rotatable bonds is 6. The van der Waals surface area contributed by atoms with Gasteiger partial charge in [0.25, 0.3) is 5.56 Å². The molecule has 1 aromatic carbocycles. The molecule has 4 rings (SSSR count). The summed E-state index contributed by atoms with van der Waals surface area (Å²) in [5.41, 5.74) is 0.299. The minimum atomic E-state index is -3.02. The molecule has 3 heterocycles. The van der Waals surface area contributed by atoms with Crippen molar-refractivity contribution in [2.24, 2.45) is 0 Å². The van der Waals surface area contributed by atoms with Crippen LogP contribution < -0.4 is 5.56 Å². The molecule has 2 aromatic heterocycles. The molecule has 0 radical (unpaired) electrons. The van der Waals surface area contributed by atoms with E-state index < -0.39 is 9.84 Å². The van der Waals surface area contributed by atoms with E-state index in [2.05, 4.69) is 26.7 Å². The lowest BCUT2D eigenvalue weighted by Gasteiger charge is -2.11. The second-order valence-corrected chi connectivity index (χ2v) is 10.4. The third kappa shape index (κ3) is 4.24. The van der Waals surface area contributed by atoms with Crippen molar-refractivity contribution in [3.63, 3.8) is 0 Å². The number of halogens is 1. The number of fused-ring (bicyclic) bond motifs is 1. The van der Waals surface area contributed by atoms with E-state index in [0.29, 0.717) is 51.4 Å². The second kappa shape index (κ2) is 7.92. The zero-order chi connectivity index (χ0) is 20.6. The van der Waals surface area contributed by atoms with Crippen LogP contribution in [0, 0.1) is 0 Å². The van der Waals surface area contributed by atoms with Crippen molar-refractivity contribution in [1.82, 2.24) is 24.7 Å². The molecular formula is C18H18ClN5O3S2. The van der Waals surface area contributed by atoms with Crippen molar-refractivity contribution in [3.8, 4) is 0 Å². The zero-order valence-corrected chi connectivity index (χ0v) is 17.7. The van der Waals surface area contributed by atoms with Gasteiger partial charge in [0.05, 0.1) is 28.2 Å². The molecule has 0 aliphatic carbocycles. The van der Waals surface area contributed by atoms with Crippen LogP contribution in [0.1, 0.15) is 24.0 Å². The quantitative estimate of drug-likeness (QED) is 0.452. The predicted octanol–water partition coefficient (Wildman–Crippen LogP) is 2.55. The Labute approximate surface area is 176 Å². The Bertz CT molecular complexity index is 1250. The fraction of sp³-hybridized carbons (Fsp3) is 0.333. The number of benzene rings is 1. The number of H-pyrrole nitrogens is 1. The molecule has 8 nitrogen and oxygen atoms in total. The largest absolute Gasteiger partial charge is 0.309 e. The molecule has 0 unspecified atom stereocenters. The highest BCUT2D eigenvalue weighted by molar-refractivity contribution is 7.98. The highest BCUT2D eigenvalue weighted by Gasteiger charge is 2.33. The summed E-state index contributed by atoms with van der Waals surface area (Å²) in [5, 5.41) is 10.1.